The number of aromatic nitrogens is 2. The molecule has 0 amide bonds. The lowest BCUT2D eigenvalue weighted by atomic mass is 10.1. The predicted molar refractivity (Wildman–Crippen MR) is 104 cm³/mol. The van der Waals surface area contributed by atoms with Gasteiger partial charge in [0.1, 0.15) is 24.1 Å². The highest BCUT2D eigenvalue weighted by Crippen LogP contribution is 2.66. The van der Waals surface area contributed by atoms with E-state index in [1.165, 1.54) is 16.7 Å². The number of nitrogen functional groups attached to an aromatic ring is 1. The molecule has 6 atom stereocenters. The zero-order valence-electron chi connectivity index (χ0n) is 15.3. The van der Waals surface area contributed by atoms with Crippen LogP contribution < -0.4 is 11.4 Å². The lowest BCUT2D eigenvalue weighted by Gasteiger charge is -2.19. The number of hydrogen-bond acceptors (Lipinski definition) is 13. The molecule has 21 heteroatoms. The van der Waals surface area contributed by atoms with Gasteiger partial charge in [-0.1, -0.05) is 0 Å². The number of hydrogen-bond donors (Lipinski definition) is 7. The molecule has 3 rings (SSSR count). The van der Waals surface area contributed by atoms with Gasteiger partial charge < -0.3 is 40.3 Å². The molecular weight excluding hydrogens is 523 g/mol. The Bertz CT molecular complexity index is 1210. The van der Waals surface area contributed by atoms with Gasteiger partial charge in [-0.3, -0.25) is 9.09 Å². The van der Waals surface area contributed by atoms with Gasteiger partial charge in [-0.2, -0.15) is 13.6 Å². The zero-order valence-corrected chi connectivity index (χ0v) is 18.8. The minimum atomic E-state index is -5.73. The summed E-state index contributed by atoms with van der Waals surface area (Å²) in [6.45, 7) is -1.03. The molecular formula is C11H16N3O14P3S. The number of nitrogens with zero attached hydrogens (tertiary/aromatic N) is 2. The van der Waals surface area contributed by atoms with E-state index in [4.69, 9.17) is 25.2 Å². The van der Waals surface area contributed by atoms with E-state index in [0.717, 1.165) is 4.57 Å². The summed E-state index contributed by atoms with van der Waals surface area (Å²) in [6.07, 6.45) is -6.59. The number of phosphoric acid groups is 3. The van der Waals surface area contributed by atoms with Crippen molar-refractivity contribution in [3.63, 3.8) is 0 Å². The number of rotatable bonds is 8. The van der Waals surface area contributed by atoms with Gasteiger partial charge in [-0.05, 0) is 0 Å². The van der Waals surface area contributed by atoms with Gasteiger partial charge in [0.25, 0.3) is 0 Å². The third-order valence-electron chi connectivity index (χ3n) is 4.01. The van der Waals surface area contributed by atoms with Crippen LogP contribution in [0.5, 0.6) is 0 Å². The number of anilines is 1. The summed E-state index contributed by atoms with van der Waals surface area (Å²) >= 11 is 1.17. The van der Waals surface area contributed by atoms with Gasteiger partial charge in [-0.25, -0.2) is 18.5 Å². The molecule has 0 spiro atoms. The summed E-state index contributed by atoms with van der Waals surface area (Å²) in [5.74, 6) is -0.0697. The third-order valence-corrected chi connectivity index (χ3v) is 8.54. The first-order valence-electron chi connectivity index (χ1n) is 8.14. The maximum Gasteiger partial charge on any atom is 0.490 e. The first kappa shape index (κ1) is 25.6. The molecule has 6 unspecified atom stereocenters. The van der Waals surface area contributed by atoms with E-state index in [1.807, 2.05) is 0 Å². The fourth-order valence-corrected chi connectivity index (χ4v) is 6.63. The first-order valence-corrected chi connectivity index (χ1v) is 13.6. The van der Waals surface area contributed by atoms with Crippen molar-refractivity contribution in [3.8, 4) is 0 Å². The molecule has 180 valence electrons. The number of aliphatic hydroxyl groups excluding tert-OH is 2. The predicted octanol–water partition coefficient (Wildman–Crippen LogP) is -0.997. The van der Waals surface area contributed by atoms with Crippen LogP contribution in [-0.4, -0.2) is 64.3 Å². The number of aliphatic hydroxyl groups is 2. The van der Waals surface area contributed by atoms with Crippen molar-refractivity contribution in [1.82, 2.24) is 9.55 Å². The average Bonchev–Trinajstić information content (AvgIpc) is 3.18. The van der Waals surface area contributed by atoms with E-state index in [0.29, 0.717) is 5.39 Å². The molecule has 8 N–H and O–H groups in total. The standard InChI is InChI=1S/C11H16N3O14P3S/c12-9-4-2-32-3-5(4)14(11(17)13-9)10-8(16)7(15)6(26-10)1-25-30(21,22)28-31(23,24)27-29(18,19)20/h2-3,6-8,10,15-16H,1H2,(H,21,22)(H,23,24)(H2,12,13,17)(H2,18,19,20). The molecule has 1 aliphatic rings. The van der Waals surface area contributed by atoms with Crippen molar-refractivity contribution in [3.05, 3.63) is 21.2 Å². The molecule has 0 saturated carbocycles. The average molecular weight is 539 g/mol. The van der Waals surface area contributed by atoms with E-state index in [9.17, 15) is 33.6 Å². The second-order valence-corrected chi connectivity index (χ2v) is 11.4. The lowest BCUT2D eigenvalue weighted by Crippen LogP contribution is -2.36. The normalized spacial score (nSPS) is 27.9. The molecule has 3 heterocycles. The van der Waals surface area contributed by atoms with E-state index in [2.05, 4.69) is 18.1 Å². The van der Waals surface area contributed by atoms with Gasteiger partial charge in [0.15, 0.2) is 6.23 Å². The minimum Gasteiger partial charge on any atom is -0.387 e. The van der Waals surface area contributed by atoms with E-state index in [-0.39, 0.29) is 11.3 Å². The second-order valence-electron chi connectivity index (χ2n) is 6.25. The minimum absolute atomic E-state index is 0.0697. The summed E-state index contributed by atoms with van der Waals surface area (Å²) in [4.78, 5) is 51.5. The Hall–Kier alpha value is -1.07. The van der Waals surface area contributed by atoms with Crippen molar-refractivity contribution in [1.29, 1.82) is 0 Å². The number of fused-ring (bicyclic) bond motifs is 1. The van der Waals surface area contributed by atoms with Crippen LogP contribution in [0.3, 0.4) is 0 Å². The highest BCUT2D eigenvalue weighted by molar-refractivity contribution is 7.66. The molecule has 1 saturated heterocycles. The molecule has 0 aromatic carbocycles. The van der Waals surface area contributed by atoms with Crippen LogP contribution in [0.4, 0.5) is 5.82 Å². The second kappa shape index (κ2) is 8.94. The highest BCUT2D eigenvalue weighted by atomic mass is 32.1. The highest BCUT2D eigenvalue weighted by Gasteiger charge is 2.47. The van der Waals surface area contributed by atoms with Gasteiger partial charge in [0.2, 0.25) is 0 Å². The van der Waals surface area contributed by atoms with Crippen molar-refractivity contribution in [2.75, 3.05) is 12.3 Å². The van der Waals surface area contributed by atoms with Gasteiger partial charge in [-0.15, -0.1) is 11.3 Å². The summed E-state index contributed by atoms with van der Waals surface area (Å²) in [5.41, 5.74) is 4.99. The Kier molecular flexibility index (Phi) is 7.14. The lowest BCUT2D eigenvalue weighted by molar-refractivity contribution is -0.0519. The maximum atomic E-state index is 12.3. The van der Waals surface area contributed by atoms with Crippen molar-refractivity contribution >= 4 is 51.5 Å². The molecule has 0 aliphatic carbocycles. The van der Waals surface area contributed by atoms with Crippen LogP contribution >= 0.6 is 34.8 Å². The van der Waals surface area contributed by atoms with Crippen LogP contribution in [0.15, 0.2) is 15.6 Å². The Labute approximate surface area is 181 Å². The summed E-state index contributed by atoms with van der Waals surface area (Å²) in [7, 11) is -16.8. The zero-order chi connectivity index (χ0) is 24.1. The van der Waals surface area contributed by atoms with E-state index in [1.54, 1.807) is 5.38 Å². The molecule has 0 radical (unpaired) electrons. The Morgan fingerprint density at radius 3 is 2.38 bits per heavy atom. The first-order chi connectivity index (χ1) is 14.6. The Morgan fingerprint density at radius 2 is 1.75 bits per heavy atom. The molecule has 0 bridgehead atoms. The van der Waals surface area contributed by atoms with Gasteiger partial charge in [0.05, 0.1) is 17.5 Å². The summed E-state index contributed by atoms with van der Waals surface area (Å²) < 4.78 is 51.6. The SMILES string of the molecule is Nc1nc(=O)n(C2OC(COP(=O)(O)OP(=O)(O)OP(=O)(O)O)C(O)C2O)c2cscc12. The molecule has 1 fully saturated rings. The molecule has 17 nitrogen and oxygen atoms in total. The number of thiophene rings is 1. The Balaban J connectivity index is 1.75. The third kappa shape index (κ3) is 5.70. The van der Waals surface area contributed by atoms with Crippen molar-refractivity contribution in [2.24, 2.45) is 0 Å². The van der Waals surface area contributed by atoms with E-state index >= 15 is 0 Å². The summed E-state index contributed by atoms with van der Waals surface area (Å²) in [6, 6.07) is 0. The monoisotopic (exact) mass is 539 g/mol. The number of ether oxygens (including phenoxy) is 1. The largest absolute Gasteiger partial charge is 0.490 e. The summed E-state index contributed by atoms with van der Waals surface area (Å²) in [5, 5.41) is 24.0. The van der Waals surface area contributed by atoms with E-state index < -0.39 is 60.3 Å². The topological polar surface area (TPSA) is 270 Å². The van der Waals surface area contributed by atoms with Crippen LogP contribution in [0.25, 0.3) is 10.9 Å². The van der Waals surface area contributed by atoms with Crippen LogP contribution in [0.1, 0.15) is 6.23 Å². The van der Waals surface area contributed by atoms with Crippen LogP contribution in [0, 0.1) is 0 Å². The molecule has 2 aromatic heterocycles. The smallest absolute Gasteiger partial charge is 0.387 e. The van der Waals surface area contributed by atoms with Crippen molar-refractivity contribution in [2.45, 2.75) is 24.5 Å². The fraction of sp³-hybridized carbons (Fsp3) is 0.455. The van der Waals surface area contributed by atoms with Crippen molar-refractivity contribution < 1.29 is 61.4 Å². The van der Waals surface area contributed by atoms with Gasteiger partial charge >= 0.3 is 29.2 Å². The van der Waals surface area contributed by atoms with Crippen LogP contribution in [0.2, 0.25) is 0 Å². The quantitative estimate of drug-likeness (QED) is 0.198. The Morgan fingerprint density at radius 1 is 1.09 bits per heavy atom. The number of phosphoric ester groups is 1. The van der Waals surface area contributed by atoms with Crippen LogP contribution in [-0.2, 0) is 31.6 Å². The maximum absolute atomic E-state index is 12.3. The number of nitrogens with two attached hydrogens (primary N) is 1. The molecule has 32 heavy (non-hydrogen) atoms. The van der Waals surface area contributed by atoms with Gasteiger partial charge in [0, 0.05) is 10.8 Å². The fourth-order valence-electron chi connectivity index (χ4n) is 2.79. The molecule has 2 aromatic rings. The molecule has 1 aliphatic heterocycles.